The maximum absolute atomic E-state index is 2.59. The lowest BCUT2D eigenvalue weighted by atomic mass is 9.14. The Morgan fingerprint density at radius 3 is 2.41 bits per heavy atom. The van der Waals surface area contributed by atoms with Gasteiger partial charge in [-0.15, -0.1) is 0 Å². The first-order chi connectivity index (χ1) is 8.09. The second-order valence-electron chi connectivity index (χ2n) is 8.92. The summed E-state index contributed by atoms with van der Waals surface area (Å²) in [6.45, 7) is 6.35. The molecule has 0 N–H and O–H groups in total. The van der Waals surface area contributed by atoms with E-state index in [1.807, 2.05) is 0 Å². The van der Waals surface area contributed by atoms with Gasteiger partial charge in [0.2, 0.25) is 0 Å². The van der Waals surface area contributed by atoms with Crippen molar-refractivity contribution in [3.05, 3.63) is 0 Å². The summed E-state index contributed by atoms with van der Waals surface area (Å²) in [4.78, 5) is 0. The van der Waals surface area contributed by atoms with Gasteiger partial charge in [-0.3, -0.25) is 0 Å². The molecule has 2 spiro atoms. The zero-order valence-electron chi connectivity index (χ0n) is 11.5. The molecule has 4 unspecified atom stereocenters. The van der Waals surface area contributed by atoms with Crippen molar-refractivity contribution in [3.63, 3.8) is 0 Å². The maximum Gasteiger partial charge on any atom is 0.148 e. The summed E-state index contributed by atoms with van der Waals surface area (Å²) in [6, 6.07) is 0. The van der Waals surface area contributed by atoms with Crippen molar-refractivity contribution in [3.8, 4) is 0 Å². The SMILES string of the molecule is CC1(C)CC2CC3B4CC5(CCCC5)C4CC231. The van der Waals surface area contributed by atoms with Crippen LogP contribution in [0.25, 0.3) is 0 Å². The molecule has 2 heterocycles. The highest BCUT2D eigenvalue weighted by molar-refractivity contribution is 6.67. The summed E-state index contributed by atoms with van der Waals surface area (Å²) in [6.07, 6.45) is 12.8. The monoisotopic (exact) mass is 228 g/mol. The van der Waals surface area contributed by atoms with Gasteiger partial charge in [-0.1, -0.05) is 57.5 Å². The van der Waals surface area contributed by atoms with E-state index < -0.39 is 0 Å². The van der Waals surface area contributed by atoms with Gasteiger partial charge in [0.15, 0.2) is 0 Å². The van der Waals surface area contributed by atoms with Crippen LogP contribution >= 0.6 is 0 Å². The fourth-order valence-corrected chi connectivity index (χ4v) is 7.88. The molecule has 5 rings (SSSR count). The van der Waals surface area contributed by atoms with Gasteiger partial charge in [0, 0.05) is 0 Å². The summed E-state index contributed by atoms with van der Waals surface area (Å²) in [5.41, 5.74) is 2.44. The molecule has 92 valence electrons. The van der Waals surface area contributed by atoms with Gasteiger partial charge in [0.05, 0.1) is 0 Å². The molecule has 0 aromatic carbocycles. The lowest BCUT2D eigenvalue weighted by Gasteiger charge is -2.72. The average Bonchev–Trinajstić information content (AvgIpc) is 2.79. The molecule has 0 bridgehead atoms. The van der Waals surface area contributed by atoms with Crippen molar-refractivity contribution < 1.29 is 0 Å². The minimum absolute atomic E-state index is 0.706. The quantitative estimate of drug-likeness (QED) is 0.530. The summed E-state index contributed by atoms with van der Waals surface area (Å²) < 4.78 is 0. The molecule has 1 heteroatoms. The number of rotatable bonds is 0. The zero-order chi connectivity index (χ0) is 11.5. The Bertz CT molecular complexity index is 392. The molecule has 4 atom stereocenters. The van der Waals surface area contributed by atoms with Crippen LogP contribution in [0.3, 0.4) is 0 Å². The second-order valence-corrected chi connectivity index (χ2v) is 8.92. The van der Waals surface area contributed by atoms with Gasteiger partial charge in [-0.2, -0.15) is 0 Å². The summed E-state index contributed by atoms with van der Waals surface area (Å²) >= 11 is 0. The number of fused-ring (bicyclic) bond motifs is 3. The summed E-state index contributed by atoms with van der Waals surface area (Å²) in [7, 11) is 0. The highest BCUT2D eigenvalue weighted by Crippen LogP contribution is 2.88. The molecule has 2 aliphatic heterocycles. The smallest absolute Gasteiger partial charge is 0.0683 e. The van der Waals surface area contributed by atoms with Crippen LogP contribution in [-0.2, 0) is 0 Å². The van der Waals surface area contributed by atoms with Crippen LogP contribution in [0.15, 0.2) is 0 Å². The van der Waals surface area contributed by atoms with Gasteiger partial charge < -0.3 is 0 Å². The normalized spacial score (nSPS) is 55.4. The third kappa shape index (κ3) is 0.799. The Kier molecular flexibility index (Phi) is 1.47. The largest absolute Gasteiger partial charge is 0.148 e. The topological polar surface area (TPSA) is 0 Å². The fraction of sp³-hybridized carbons (Fsp3) is 1.00. The van der Waals surface area contributed by atoms with Crippen LogP contribution < -0.4 is 0 Å². The lowest BCUT2D eigenvalue weighted by molar-refractivity contribution is -0.194. The average molecular weight is 228 g/mol. The predicted octanol–water partition coefficient (Wildman–Crippen LogP) is 4.64. The molecule has 0 radical (unpaired) electrons. The zero-order valence-corrected chi connectivity index (χ0v) is 11.5. The number of hydrogen-bond donors (Lipinski definition) is 0. The molecule has 2 saturated heterocycles. The molecular weight excluding hydrogens is 203 g/mol. The van der Waals surface area contributed by atoms with Gasteiger partial charge in [0.25, 0.3) is 0 Å². The Morgan fingerprint density at radius 1 is 1.00 bits per heavy atom. The van der Waals surface area contributed by atoms with E-state index in [0.29, 0.717) is 5.41 Å². The van der Waals surface area contributed by atoms with Crippen molar-refractivity contribution >= 4 is 6.71 Å². The van der Waals surface area contributed by atoms with Gasteiger partial charge in [-0.05, 0) is 41.4 Å². The fourth-order valence-electron chi connectivity index (χ4n) is 7.88. The molecule has 17 heavy (non-hydrogen) atoms. The van der Waals surface area contributed by atoms with Crippen molar-refractivity contribution in [2.75, 3.05) is 0 Å². The van der Waals surface area contributed by atoms with Crippen molar-refractivity contribution in [1.29, 1.82) is 0 Å². The van der Waals surface area contributed by atoms with Gasteiger partial charge >= 0.3 is 0 Å². The van der Waals surface area contributed by atoms with Crippen LogP contribution in [0.2, 0.25) is 18.0 Å². The minimum atomic E-state index is 0.706. The Labute approximate surface area is 106 Å². The standard InChI is InChI=1S/C16H25B/c1-14(2)8-11-7-12-16(11,14)9-13-15(10-17(12)13)5-3-4-6-15/h11-13H,3-10H2,1-2H3. The first-order valence-corrected chi connectivity index (χ1v) is 8.09. The number of hydrogen-bond acceptors (Lipinski definition) is 0. The van der Waals surface area contributed by atoms with Crippen LogP contribution in [0.4, 0.5) is 0 Å². The highest BCUT2D eigenvalue weighted by Gasteiger charge is 2.80. The molecule has 0 aromatic heterocycles. The first kappa shape index (κ1) is 9.93. The Balaban J connectivity index is 1.51. The molecule has 0 amide bonds. The van der Waals surface area contributed by atoms with Crippen LogP contribution in [0.1, 0.15) is 58.8 Å². The minimum Gasteiger partial charge on any atom is -0.0683 e. The van der Waals surface area contributed by atoms with Crippen LogP contribution in [0.5, 0.6) is 0 Å². The van der Waals surface area contributed by atoms with Crippen molar-refractivity contribution in [2.24, 2.45) is 22.2 Å². The maximum atomic E-state index is 2.59. The van der Waals surface area contributed by atoms with E-state index in [1.54, 1.807) is 51.3 Å². The molecular formula is C16H25B. The van der Waals surface area contributed by atoms with E-state index in [2.05, 4.69) is 13.8 Å². The van der Waals surface area contributed by atoms with E-state index in [-0.39, 0.29) is 0 Å². The first-order valence-electron chi connectivity index (χ1n) is 8.09. The third-order valence-corrected chi connectivity index (χ3v) is 8.56. The van der Waals surface area contributed by atoms with Crippen LogP contribution in [0, 0.1) is 22.2 Å². The van der Waals surface area contributed by atoms with E-state index >= 15 is 0 Å². The second kappa shape index (κ2) is 2.52. The summed E-state index contributed by atoms with van der Waals surface area (Å²) in [5.74, 6) is 3.51. The van der Waals surface area contributed by atoms with E-state index in [9.17, 15) is 0 Å². The highest BCUT2D eigenvalue weighted by atomic mass is 14.8. The molecule has 0 aromatic rings. The lowest BCUT2D eigenvalue weighted by Crippen LogP contribution is -2.64. The van der Waals surface area contributed by atoms with Crippen molar-refractivity contribution in [1.82, 2.24) is 0 Å². The Hall–Kier alpha value is 0.0649. The molecule has 0 nitrogen and oxygen atoms in total. The van der Waals surface area contributed by atoms with E-state index in [4.69, 9.17) is 0 Å². The predicted molar refractivity (Wildman–Crippen MR) is 72.5 cm³/mol. The third-order valence-electron chi connectivity index (χ3n) is 8.56. The van der Waals surface area contributed by atoms with Crippen molar-refractivity contribution in [2.45, 2.75) is 76.7 Å². The molecule has 5 aliphatic rings. The van der Waals surface area contributed by atoms with Crippen LogP contribution in [-0.4, -0.2) is 6.71 Å². The van der Waals surface area contributed by atoms with E-state index in [1.165, 1.54) is 18.3 Å². The van der Waals surface area contributed by atoms with Gasteiger partial charge in [0.1, 0.15) is 6.71 Å². The Morgan fingerprint density at radius 2 is 1.76 bits per heavy atom. The van der Waals surface area contributed by atoms with E-state index in [0.717, 1.165) is 16.7 Å². The molecule has 5 fully saturated rings. The van der Waals surface area contributed by atoms with Gasteiger partial charge in [-0.25, -0.2) is 0 Å². The molecule has 3 saturated carbocycles. The summed E-state index contributed by atoms with van der Waals surface area (Å²) in [5, 5.41) is 0. The molecule has 3 aliphatic carbocycles.